The lowest BCUT2D eigenvalue weighted by atomic mass is 10.2. The highest BCUT2D eigenvalue weighted by Gasteiger charge is 2.24. The molecule has 1 heterocycles. The summed E-state index contributed by atoms with van der Waals surface area (Å²) in [5.41, 5.74) is 12.9. The Morgan fingerprint density at radius 3 is 2.74 bits per heavy atom. The van der Waals surface area contributed by atoms with Gasteiger partial charge in [0.25, 0.3) is 0 Å². The van der Waals surface area contributed by atoms with E-state index in [4.69, 9.17) is 20.9 Å². The molecule has 2 rings (SSSR count). The number of nitrogens with zero attached hydrogens (tertiary/aromatic N) is 1. The van der Waals surface area contributed by atoms with Crippen LogP contribution in [0.15, 0.2) is 18.2 Å². The van der Waals surface area contributed by atoms with Crippen LogP contribution in [-0.2, 0) is 4.74 Å². The zero-order chi connectivity index (χ0) is 13.7. The molecule has 106 valence electrons. The molecule has 0 atom stereocenters. The third-order valence-corrected chi connectivity index (χ3v) is 3.69. The molecule has 1 aromatic carbocycles. The van der Waals surface area contributed by atoms with Gasteiger partial charge in [-0.2, -0.15) is 0 Å². The zero-order valence-electron chi connectivity index (χ0n) is 11.6. The number of benzene rings is 1. The largest absolute Gasteiger partial charge is 0.491 e. The number of ether oxygens (including phenoxy) is 2. The molecule has 0 unspecified atom stereocenters. The predicted octanol–water partition coefficient (Wildman–Crippen LogP) is 1.10. The van der Waals surface area contributed by atoms with Crippen LogP contribution in [0.4, 0.5) is 11.4 Å². The molecule has 1 aliphatic heterocycles. The molecule has 0 saturated carbocycles. The van der Waals surface area contributed by atoms with Crippen molar-refractivity contribution in [3.63, 3.8) is 0 Å². The third-order valence-electron chi connectivity index (χ3n) is 3.69. The maximum Gasteiger partial charge on any atom is 0.144 e. The summed E-state index contributed by atoms with van der Waals surface area (Å²) in [5, 5.41) is 0. The first-order valence-corrected chi connectivity index (χ1v) is 6.78. The summed E-state index contributed by atoms with van der Waals surface area (Å²) < 4.78 is 12.2. The molecular weight excluding hydrogens is 242 g/mol. The molecule has 0 spiro atoms. The second-order valence-electron chi connectivity index (χ2n) is 5.40. The monoisotopic (exact) mass is 266 g/mol. The van der Waals surface area contributed by atoms with Crippen LogP contribution in [0.3, 0.4) is 0 Å². The topological polar surface area (TPSA) is 70.5 Å². The Morgan fingerprint density at radius 1 is 1.26 bits per heavy atom. The molecule has 1 fully saturated rings. The minimum Gasteiger partial charge on any atom is -0.491 e. The van der Waals surface area contributed by atoms with Crippen LogP contribution in [0, 0.1) is 0 Å². The fourth-order valence-corrected chi connectivity index (χ4v) is 2.31. The van der Waals surface area contributed by atoms with E-state index in [1.807, 2.05) is 0 Å². The van der Waals surface area contributed by atoms with Crippen molar-refractivity contribution in [3.05, 3.63) is 18.2 Å². The Morgan fingerprint density at radius 2 is 2.00 bits per heavy atom. The van der Waals surface area contributed by atoms with Gasteiger partial charge in [0.15, 0.2) is 0 Å². The summed E-state index contributed by atoms with van der Waals surface area (Å²) in [5.74, 6) is 0.685. The summed E-state index contributed by atoms with van der Waals surface area (Å²) >= 11 is 0. The molecule has 0 bridgehead atoms. The van der Waals surface area contributed by atoms with Gasteiger partial charge in [0.05, 0.1) is 39.1 Å². The summed E-state index contributed by atoms with van der Waals surface area (Å²) in [6, 6.07) is 5.34. The number of quaternary nitrogens is 1. The van der Waals surface area contributed by atoms with Crippen molar-refractivity contribution in [2.45, 2.75) is 6.42 Å². The van der Waals surface area contributed by atoms with Crippen LogP contribution in [-0.4, -0.2) is 51.0 Å². The van der Waals surface area contributed by atoms with E-state index in [2.05, 4.69) is 7.05 Å². The van der Waals surface area contributed by atoms with E-state index in [0.29, 0.717) is 23.7 Å². The van der Waals surface area contributed by atoms with Gasteiger partial charge in [-0.1, -0.05) is 0 Å². The van der Waals surface area contributed by atoms with Crippen molar-refractivity contribution in [2.24, 2.45) is 0 Å². The van der Waals surface area contributed by atoms with E-state index in [1.54, 1.807) is 18.2 Å². The Hall–Kier alpha value is -1.46. The molecule has 5 nitrogen and oxygen atoms in total. The Balaban J connectivity index is 1.75. The molecule has 5 heteroatoms. The lowest BCUT2D eigenvalue weighted by Crippen LogP contribution is -2.52. The highest BCUT2D eigenvalue weighted by molar-refractivity contribution is 5.59. The number of rotatable bonds is 5. The van der Waals surface area contributed by atoms with Gasteiger partial charge in [-0.15, -0.1) is 0 Å². The molecular formula is C14H24N3O2+. The van der Waals surface area contributed by atoms with E-state index in [0.717, 1.165) is 43.8 Å². The van der Waals surface area contributed by atoms with Crippen molar-refractivity contribution in [2.75, 3.05) is 58.0 Å². The minimum atomic E-state index is 0.640. The first kappa shape index (κ1) is 14.0. The zero-order valence-corrected chi connectivity index (χ0v) is 11.6. The number of morpholine rings is 1. The summed E-state index contributed by atoms with van der Waals surface area (Å²) in [6.07, 6.45) is 1.00. The third kappa shape index (κ3) is 4.01. The van der Waals surface area contributed by atoms with Gasteiger partial charge in [0.2, 0.25) is 0 Å². The van der Waals surface area contributed by atoms with Gasteiger partial charge >= 0.3 is 0 Å². The van der Waals surface area contributed by atoms with Gasteiger partial charge < -0.3 is 25.4 Å². The second-order valence-corrected chi connectivity index (χ2v) is 5.40. The van der Waals surface area contributed by atoms with Gasteiger partial charge in [-0.05, 0) is 12.1 Å². The fraction of sp³-hybridized carbons (Fsp3) is 0.571. The van der Waals surface area contributed by atoms with E-state index in [9.17, 15) is 0 Å². The maximum absolute atomic E-state index is 5.84. The predicted molar refractivity (Wildman–Crippen MR) is 77.0 cm³/mol. The van der Waals surface area contributed by atoms with Gasteiger partial charge in [-0.25, -0.2) is 0 Å². The first-order chi connectivity index (χ1) is 9.09. The lowest BCUT2D eigenvalue weighted by Gasteiger charge is -2.37. The number of nitrogens with two attached hydrogens (primary N) is 2. The van der Waals surface area contributed by atoms with Gasteiger partial charge in [0, 0.05) is 18.2 Å². The fourth-order valence-electron chi connectivity index (χ4n) is 2.31. The first-order valence-electron chi connectivity index (χ1n) is 6.78. The molecule has 1 saturated heterocycles. The molecule has 4 N–H and O–H groups in total. The van der Waals surface area contributed by atoms with Crippen LogP contribution in [0.25, 0.3) is 0 Å². The van der Waals surface area contributed by atoms with Crippen molar-refractivity contribution in [3.8, 4) is 5.75 Å². The Kier molecular flexibility index (Phi) is 4.50. The van der Waals surface area contributed by atoms with Crippen molar-refractivity contribution >= 4 is 11.4 Å². The smallest absolute Gasteiger partial charge is 0.144 e. The normalized spacial score (nSPS) is 18.2. The minimum absolute atomic E-state index is 0.640. The van der Waals surface area contributed by atoms with E-state index >= 15 is 0 Å². The SMILES string of the molecule is C[N+]1(CCCOc2cc(N)ccc2N)CCOCC1. The van der Waals surface area contributed by atoms with Gasteiger partial charge in [-0.3, -0.25) is 0 Å². The van der Waals surface area contributed by atoms with E-state index in [-0.39, 0.29) is 0 Å². The van der Waals surface area contributed by atoms with Crippen molar-refractivity contribution in [1.29, 1.82) is 0 Å². The molecule has 0 radical (unpaired) electrons. The average Bonchev–Trinajstić information content (AvgIpc) is 2.39. The highest BCUT2D eigenvalue weighted by Crippen LogP contribution is 2.24. The van der Waals surface area contributed by atoms with Gasteiger partial charge in [0.1, 0.15) is 18.8 Å². The summed E-state index contributed by atoms with van der Waals surface area (Å²) in [4.78, 5) is 0. The Bertz CT molecular complexity index is 417. The van der Waals surface area contributed by atoms with E-state index in [1.165, 1.54) is 0 Å². The molecule has 1 aliphatic rings. The standard InChI is InChI=1S/C14H24N3O2/c1-17(6-9-18-10-7-17)5-2-8-19-14-11-12(15)3-4-13(14)16/h3-4,11H,2,5-10,15-16H2,1H3/q+1. The maximum atomic E-state index is 5.84. The van der Waals surface area contributed by atoms with Crippen LogP contribution in [0.5, 0.6) is 5.75 Å². The molecule has 0 amide bonds. The van der Waals surface area contributed by atoms with Crippen molar-refractivity contribution < 1.29 is 14.0 Å². The summed E-state index contributed by atoms with van der Waals surface area (Å²) in [7, 11) is 2.28. The van der Waals surface area contributed by atoms with Crippen molar-refractivity contribution in [1.82, 2.24) is 0 Å². The number of anilines is 2. The molecule has 0 aliphatic carbocycles. The number of nitrogen functional groups attached to an aromatic ring is 2. The average molecular weight is 266 g/mol. The molecule has 19 heavy (non-hydrogen) atoms. The van der Waals surface area contributed by atoms with Crippen LogP contribution in [0.1, 0.15) is 6.42 Å². The Labute approximate surface area is 114 Å². The molecule has 0 aromatic heterocycles. The lowest BCUT2D eigenvalue weighted by molar-refractivity contribution is -0.917. The summed E-state index contributed by atoms with van der Waals surface area (Å²) in [6.45, 7) is 5.66. The number of hydrogen-bond donors (Lipinski definition) is 2. The van der Waals surface area contributed by atoms with E-state index < -0.39 is 0 Å². The second kappa shape index (κ2) is 6.12. The molecule has 1 aromatic rings. The quantitative estimate of drug-likeness (QED) is 0.475. The van der Waals surface area contributed by atoms with Crippen LogP contribution in [0.2, 0.25) is 0 Å². The number of likely N-dealkylation sites (N-methyl/N-ethyl adjacent to an activating group) is 1. The van der Waals surface area contributed by atoms with Crippen LogP contribution >= 0.6 is 0 Å². The highest BCUT2D eigenvalue weighted by atomic mass is 16.5. The number of hydrogen-bond acceptors (Lipinski definition) is 4. The van der Waals surface area contributed by atoms with Crippen LogP contribution < -0.4 is 16.2 Å².